The highest BCUT2D eigenvalue weighted by Gasteiger charge is 2.13. The molecule has 0 saturated carbocycles. The summed E-state index contributed by atoms with van der Waals surface area (Å²) in [5.41, 5.74) is 3.25. The maximum absolute atomic E-state index is 10.7. The molecule has 0 aromatic heterocycles. The van der Waals surface area contributed by atoms with Gasteiger partial charge in [-0.1, -0.05) is 60.7 Å². The average molecular weight is 316 g/mol. The normalized spacial score (nSPS) is 10.5. The van der Waals surface area contributed by atoms with Crippen molar-refractivity contribution in [2.75, 3.05) is 6.61 Å². The van der Waals surface area contributed by atoms with Crippen molar-refractivity contribution in [2.45, 2.75) is 12.3 Å². The van der Waals surface area contributed by atoms with Gasteiger partial charge in [0.05, 0.1) is 6.61 Å². The first-order valence-corrected chi connectivity index (χ1v) is 8.15. The van der Waals surface area contributed by atoms with E-state index in [2.05, 4.69) is 48.5 Å². The number of rotatable bonds is 7. The van der Waals surface area contributed by atoms with Gasteiger partial charge in [-0.3, -0.25) is 4.79 Å². The van der Waals surface area contributed by atoms with Gasteiger partial charge in [0.1, 0.15) is 12.0 Å². The van der Waals surface area contributed by atoms with Crippen LogP contribution in [-0.4, -0.2) is 12.9 Å². The third-order valence-corrected chi connectivity index (χ3v) is 4.10. The molecule has 0 radical (unpaired) electrons. The summed E-state index contributed by atoms with van der Waals surface area (Å²) in [6.07, 6.45) is 1.73. The van der Waals surface area contributed by atoms with E-state index in [4.69, 9.17) is 4.74 Å². The van der Waals surface area contributed by atoms with Crippen LogP contribution in [0.5, 0.6) is 5.75 Å². The van der Waals surface area contributed by atoms with E-state index in [1.54, 1.807) is 12.1 Å². The number of aldehydes is 1. The second-order valence-electron chi connectivity index (χ2n) is 5.70. The highest BCUT2D eigenvalue weighted by atomic mass is 16.5. The van der Waals surface area contributed by atoms with E-state index in [1.807, 2.05) is 24.3 Å². The zero-order valence-electron chi connectivity index (χ0n) is 13.5. The maximum atomic E-state index is 10.7. The van der Waals surface area contributed by atoms with Crippen LogP contribution in [0.3, 0.4) is 0 Å². The van der Waals surface area contributed by atoms with E-state index in [1.165, 1.54) is 11.1 Å². The monoisotopic (exact) mass is 316 g/mol. The second kappa shape index (κ2) is 8.11. The molecule has 2 nitrogen and oxygen atoms in total. The lowest BCUT2D eigenvalue weighted by molar-refractivity contribution is 0.112. The molecule has 0 heterocycles. The molecule has 120 valence electrons. The van der Waals surface area contributed by atoms with Gasteiger partial charge in [0.15, 0.2) is 0 Å². The highest BCUT2D eigenvalue weighted by Crippen LogP contribution is 2.28. The fraction of sp³-hybridized carbons (Fsp3) is 0.136. The molecule has 0 aliphatic rings. The summed E-state index contributed by atoms with van der Waals surface area (Å²) in [6.45, 7) is 0.620. The van der Waals surface area contributed by atoms with Gasteiger partial charge in [0.25, 0.3) is 0 Å². The molecular weight excluding hydrogens is 296 g/mol. The molecule has 24 heavy (non-hydrogen) atoms. The third kappa shape index (κ3) is 4.11. The van der Waals surface area contributed by atoms with Gasteiger partial charge in [0, 0.05) is 11.5 Å². The van der Waals surface area contributed by atoms with Crippen LogP contribution >= 0.6 is 0 Å². The topological polar surface area (TPSA) is 26.3 Å². The van der Waals surface area contributed by atoms with Gasteiger partial charge in [-0.2, -0.15) is 0 Å². The van der Waals surface area contributed by atoms with Crippen molar-refractivity contribution in [1.82, 2.24) is 0 Å². The molecule has 3 rings (SSSR count). The number of benzene rings is 3. The Morgan fingerprint density at radius 2 is 1.29 bits per heavy atom. The number of hydrogen-bond donors (Lipinski definition) is 0. The lowest BCUT2D eigenvalue weighted by Gasteiger charge is -2.18. The minimum atomic E-state index is 0.307. The first-order valence-electron chi connectivity index (χ1n) is 8.15. The molecule has 2 heteroatoms. The Labute approximate surface area is 142 Å². The lowest BCUT2D eigenvalue weighted by atomic mass is 9.89. The first kappa shape index (κ1) is 16.0. The molecule has 0 saturated heterocycles. The maximum Gasteiger partial charge on any atom is 0.150 e. The van der Waals surface area contributed by atoms with Crippen molar-refractivity contribution in [3.8, 4) is 5.75 Å². The first-order chi connectivity index (χ1) is 11.9. The quantitative estimate of drug-likeness (QED) is 0.567. The van der Waals surface area contributed by atoms with Crippen LogP contribution < -0.4 is 4.74 Å². The van der Waals surface area contributed by atoms with Crippen LogP contribution in [0.4, 0.5) is 0 Å². The van der Waals surface area contributed by atoms with Gasteiger partial charge in [-0.05, 0) is 41.8 Å². The third-order valence-electron chi connectivity index (χ3n) is 4.10. The summed E-state index contributed by atoms with van der Waals surface area (Å²) in [4.78, 5) is 10.7. The molecule has 0 amide bonds. The summed E-state index contributed by atoms with van der Waals surface area (Å²) in [5.74, 6) is 1.10. The Bertz CT molecular complexity index is 709. The Kier molecular flexibility index (Phi) is 5.41. The summed E-state index contributed by atoms with van der Waals surface area (Å²) in [6, 6.07) is 28.2. The number of hydrogen-bond acceptors (Lipinski definition) is 2. The largest absolute Gasteiger partial charge is 0.494 e. The summed E-state index contributed by atoms with van der Waals surface area (Å²) >= 11 is 0. The van der Waals surface area contributed by atoms with Crippen molar-refractivity contribution in [2.24, 2.45) is 0 Å². The molecule has 0 aliphatic heterocycles. The number of carbonyl (C=O) groups is 1. The van der Waals surface area contributed by atoms with E-state index in [-0.39, 0.29) is 0 Å². The number of ether oxygens (including phenoxy) is 1. The van der Waals surface area contributed by atoms with E-state index >= 15 is 0 Å². The minimum Gasteiger partial charge on any atom is -0.494 e. The standard InChI is InChI=1S/C22H20O2/c23-17-18-11-13-21(14-12-18)24-16-15-22(19-7-3-1-4-8-19)20-9-5-2-6-10-20/h1-14,17,22H,15-16H2. The smallest absolute Gasteiger partial charge is 0.150 e. The van der Waals surface area contributed by atoms with Crippen molar-refractivity contribution >= 4 is 6.29 Å². The van der Waals surface area contributed by atoms with Crippen LogP contribution in [0, 0.1) is 0 Å². The Morgan fingerprint density at radius 3 is 1.79 bits per heavy atom. The van der Waals surface area contributed by atoms with Crippen molar-refractivity contribution in [3.05, 3.63) is 102 Å². The predicted molar refractivity (Wildman–Crippen MR) is 96.7 cm³/mol. The Hall–Kier alpha value is -2.87. The SMILES string of the molecule is O=Cc1ccc(OCCC(c2ccccc2)c2ccccc2)cc1. The number of carbonyl (C=O) groups excluding carboxylic acids is 1. The molecule has 0 spiro atoms. The zero-order chi connectivity index (χ0) is 16.6. The van der Waals surface area contributed by atoms with Crippen LogP contribution in [0.1, 0.15) is 33.8 Å². The summed E-state index contributed by atoms with van der Waals surface area (Å²) in [7, 11) is 0. The fourth-order valence-electron chi connectivity index (χ4n) is 2.83. The molecule has 3 aromatic carbocycles. The summed E-state index contributed by atoms with van der Waals surface area (Å²) < 4.78 is 5.86. The van der Waals surface area contributed by atoms with Crippen molar-refractivity contribution in [3.63, 3.8) is 0 Å². The molecule has 0 N–H and O–H groups in total. The minimum absolute atomic E-state index is 0.307. The molecule has 0 bridgehead atoms. The van der Waals surface area contributed by atoms with Crippen molar-refractivity contribution < 1.29 is 9.53 Å². The van der Waals surface area contributed by atoms with Crippen LogP contribution in [0.15, 0.2) is 84.9 Å². The van der Waals surface area contributed by atoms with Gasteiger partial charge >= 0.3 is 0 Å². The predicted octanol–water partition coefficient (Wildman–Crippen LogP) is 5.10. The molecule has 0 unspecified atom stereocenters. The van der Waals surface area contributed by atoms with Crippen molar-refractivity contribution in [1.29, 1.82) is 0 Å². The van der Waals surface area contributed by atoms with Gasteiger partial charge in [-0.15, -0.1) is 0 Å². The highest BCUT2D eigenvalue weighted by molar-refractivity contribution is 5.74. The molecule has 3 aromatic rings. The van der Waals surface area contributed by atoms with Gasteiger partial charge in [-0.25, -0.2) is 0 Å². The molecule has 0 atom stereocenters. The molecule has 0 aliphatic carbocycles. The average Bonchev–Trinajstić information content (AvgIpc) is 2.67. The van der Waals surface area contributed by atoms with Gasteiger partial charge in [0.2, 0.25) is 0 Å². The lowest BCUT2D eigenvalue weighted by Crippen LogP contribution is -2.07. The molecule has 0 fully saturated rings. The summed E-state index contributed by atoms with van der Waals surface area (Å²) in [5, 5.41) is 0. The fourth-order valence-corrected chi connectivity index (χ4v) is 2.83. The van der Waals surface area contributed by atoms with Crippen LogP contribution in [-0.2, 0) is 0 Å². The van der Waals surface area contributed by atoms with Crippen LogP contribution in [0.25, 0.3) is 0 Å². The Balaban J connectivity index is 1.69. The van der Waals surface area contributed by atoms with E-state index in [0.29, 0.717) is 18.1 Å². The van der Waals surface area contributed by atoms with E-state index < -0.39 is 0 Å². The van der Waals surface area contributed by atoms with E-state index in [9.17, 15) is 4.79 Å². The Morgan fingerprint density at radius 1 is 0.750 bits per heavy atom. The zero-order valence-corrected chi connectivity index (χ0v) is 13.5. The van der Waals surface area contributed by atoms with Crippen LogP contribution in [0.2, 0.25) is 0 Å². The second-order valence-corrected chi connectivity index (χ2v) is 5.70. The molecular formula is C22H20O2. The van der Waals surface area contributed by atoms with E-state index in [0.717, 1.165) is 18.5 Å². The van der Waals surface area contributed by atoms with Gasteiger partial charge < -0.3 is 4.74 Å².